The molecule has 0 aliphatic rings. The number of nitrogens with one attached hydrogen (secondary N) is 2. The van der Waals surface area contributed by atoms with Crippen LogP contribution in [0, 0.1) is 6.92 Å². The summed E-state index contributed by atoms with van der Waals surface area (Å²) < 4.78 is 13.4. The van der Waals surface area contributed by atoms with Crippen LogP contribution in [0.4, 0.5) is 10.5 Å². The maximum Gasteiger partial charge on any atom is 0.339 e. The molecule has 0 saturated carbocycles. The Bertz CT molecular complexity index is 1220. The fourth-order valence-electron chi connectivity index (χ4n) is 2.86. The van der Waals surface area contributed by atoms with E-state index in [-0.39, 0.29) is 6.61 Å². The van der Waals surface area contributed by atoms with Gasteiger partial charge in [0.1, 0.15) is 6.61 Å². The minimum Gasteiger partial charge on any atom is -0.490 e. The molecular weight excluding hydrogens is 609 g/mol. The zero-order valence-electron chi connectivity index (χ0n) is 18.3. The van der Waals surface area contributed by atoms with Crippen molar-refractivity contribution in [2.45, 2.75) is 20.5 Å². The topological polar surface area (TPSA) is 72.0 Å². The molecule has 0 fully saturated rings. The van der Waals surface area contributed by atoms with E-state index in [1.54, 1.807) is 30.3 Å². The number of hydrogen-bond donors (Lipinski definition) is 2. The summed E-state index contributed by atoms with van der Waals surface area (Å²) in [4.78, 5) is 12.2. The summed E-state index contributed by atoms with van der Waals surface area (Å²) in [6.45, 7) is 4.56. The van der Waals surface area contributed by atoms with Crippen LogP contribution in [0.1, 0.15) is 23.6 Å². The number of anilines is 1. The molecule has 10 heteroatoms. The van der Waals surface area contributed by atoms with Gasteiger partial charge in [-0.05, 0) is 83.4 Å². The number of nitrogens with zero attached hydrogens (tertiary/aromatic N) is 1. The first-order valence-electron chi connectivity index (χ1n) is 10.2. The van der Waals surface area contributed by atoms with Gasteiger partial charge in [-0.2, -0.15) is 5.10 Å². The van der Waals surface area contributed by atoms with Crippen molar-refractivity contribution in [1.82, 2.24) is 5.43 Å². The molecule has 0 aliphatic carbocycles. The number of aryl methyl sites for hydroxylation is 1. The molecule has 6 nitrogen and oxygen atoms in total. The normalized spacial score (nSPS) is 10.9. The van der Waals surface area contributed by atoms with E-state index >= 15 is 0 Å². The van der Waals surface area contributed by atoms with Crippen molar-refractivity contribution in [3.8, 4) is 11.5 Å². The Morgan fingerprint density at radius 2 is 1.76 bits per heavy atom. The van der Waals surface area contributed by atoms with Gasteiger partial charge in [-0.15, -0.1) is 0 Å². The molecular formula is C24H21Br2Cl2N3O3. The van der Waals surface area contributed by atoms with E-state index < -0.39 is 6.03 Å². The first-order valence-corrected chi connectivity index (χ1v) is 12.5. The fourth-order valence-corrected chi connectivity index (χ4v) is 3.86. The lowest BCUT2D eigenvalue weighted by atomic mass is 10.2. The predicted octanol–water partition coefficient (Wildman–Crippen LogP) is 7.96. The third-order valence-electron chi connectivity index (χ3n) is 4.53. The molecule has 3 rings (SSSR count). The lowest BCUT2D eigenvalue weighted by molar-refractivity contribution is 0.252. The van der Waals surface area contributed by atoms with Crippen LogP contribution in [0.2, 0.25) is 10.0 Å². The number of carbonyl (C=O) groups is 1. The van der Waals surface area contributed by atoms with Gasteiger partial charge >= 0.3 is 6.03 Å². The second-order valence-electron chi connectivity index (χ2n) is 7.08. The molecule has 3 aromatic rings. The average Bonchev–Trinajstić information content (AvgIpc) is 2.79. The van der Waals surface area contributed by atoms with Crippen molar-refractivity contribution in [1.29, 1.82) is 0 Å². The van der Waals surface area contributed by atoms with Gasteiger partial charge in [0, 0.05) is 20.2 Å². The number of rotatable bonds is 8. The molecule has 0 aliphatic heterocycles. The Kier molecular flexibility index (Phi) is 9.64. The van der Waals surface area contributed by atoms with Gasteiger partial charge in [0.25, 0.3) is 0 Å². The Balaban J connectivity index is 1.67. The van der Waals surface area contributed by atoms with Crippen molar-refractivity contribution in [2.75, 3.05) is 11.9 Å². The third-order valence-corrected chi connectivity index (χ3v) is 6.84. The third kappa shape index (κ3) is 7.37. The van der Waals surface area contributed by atoms with Gasteiger partial charge in [0.15, 0.2) is 11.5 Å². The molecule has 0 aromatic heterocycles. The molecule has 2 amide bonds. The molecule has 0 unspecified atom stereocenters. The lowest BCUT2D eigenvalue weighted by Crippen LogP contribution is -2.24. The van der Waals surface area contributed by atoms with Crippen molar-refractivity contribution >= 4 is 73.0 Å². The van der Waals surface area contributed by atoms with Crippen LogP contribution in [0.15, 0.2) is 62.6 Å². The Labute approximate surface area is 224 Å². The summed E-state index contributed by atoms with van der Waals surface area (Å²) in [6.07, 6.45) is 1.52. The summed E-state index contributed by atoms with van der Waals surface area (Å²) in [6, 6.07) is 13.9. The number of hydrazone groups is 1. The van der Waals surface area contributed by atoms with E-state index in [2.05, 4.69) is 47.7 Å². The smallest absolute Gasteiger partial charge is 0.339 e. The molecule has 0 heterocycles. The molecule has 0 bridgehead atoms. The van der Waals surface area contributed by atoms with Crippen LogP contribution in [0.5, 0.6) is 11.5 Å². The molecule has 0 atom stereocenters. The van der Waals surface area contributed by atoms with Crippen molar-refractivity contribution in [3.05, 3.63) is 84.2 Å². The van der Waals surface area contributed by atoms with Crippen molar-refractivity contribution in [2.24, 2.45) is 5.10 Å². The van der Waals surface area contributed by atoms with Gasteiger partial charge in [0.2, 0.25) is 0 Å². The second kappa shape index (κ2) is 12.4. The summed E-state index contributed by atoms with van der Waals surface area (Å²) in [5.74, 6) is 1.09. The van der Waals surface area contributed by atoms with Gasteiger partial charge in [-0.1, -0.05) is 45.2 Å². The monoisotopic (exact) mass is 627 g/mol. The van der Waals surface area contributed by atoms with Gasteiger partial charge in [-0.3, -0.25) is 0 Å². The summed E-state index contributed by atoms with van der Waals surface area (Å²) in [5.41, 5.74) is 5.70. The average molecular weight is 630 g/mol. The fraction of sp³-hybridized carbons (Fsp3) is 0.167. The van der Waals surface area contributed by atoms with Crippen LogP contribution < -0.4 is 20.2 Å². The standard InChI is InChI=1S/C24H21Br2Cl2N3O3/c1-3-33-22-10-16(12-29-31-24(32)30-17-5-6-18(25)14(2)8-17)19(26)11-23(22)34-13-15-4-7-20(27)21(28)9-15/h4-12H,3,13H2,1-2H3,(H2,30,31,32)/b29-12+. The highest BCUT2D eigenvalue weighted by atomic mass is 79.9. The van der Waals surface area contributed by atoms with E-state index in [9.17, 15) is 4.79 Å². The zero-order valence-corrected chi connectivity index (χ0v) is 23.0. The Hall–Kier alpha value is -2.26. The summed E-state index contributed by atoms with van der Waals surface area (Å²) in [5, 5.41) is 7.72. The van der Waals surface area contributed by atoms with E-state index in [1.807, 2.05) is 32.0 Å². The second-order valence-corrected chi connectivity index (χ2v) is 9.60. The molecule has 0 saturated heterocycles. The van der Waals surface area contributed by atoms with E-state index in [1.165, 1.54) is 6.21 Å². The van der Waals surface area contributed by atoms with Gasteiger partial charge < -0.3 is 14.8 Å². The Morgan fingerprint density at radius 1 is 1.00 bits per heavy atom. The molecule has 2 N–H and O–H groups in total. The first-order chi connectivity index (χ1) is 16.3. The molecule has 178 valence electrons. The van der Waals surface area contributed by atoms with Crippen molar-refractivity contribution < 1.29 is 14.3 Å². The molecule has 34 heavy (non-hydrogen) atoms. The van der Waals surface area contributed by atoms with Crippen LogP contribution in [0.25, 0.3) is 0 Å². The predicted molar refractivity (Wildman–Crippen MR) is 145 cm³/mol. The highest BCUT2D eigenvalue weighted by Crippen LogP contribution is 2.34. The van der Waals surface area contributed by atoms with E-state index in [4.69, 9.17) is 32.7 Å². The number of hydrogen-bond acceptors (Lipinski definition) is 4. The van der Waals surface area contributed by atoms with Crippen LogP contribution >= 0.6 is 55.1 Å². The maximum absolute atomic E-state index is 12.2. The number of ether oxygens (including phenoxy) is 2. The largest absolute Gasteiger partial charge is 0.490 e. The number of urea groups is 1. The number of benzene rings is 3. The van der Waals surface area contributed by atoms with Crippen LogP contribution in [-0.4, -0.2) is 18.9 Å². The maximum atomic E-state index is 12.2. The molecule has 0 spiro atoms. The summed E-state index contributed by atoms with van der Waals surface area (Å²) in [7, 11) is 0. The lowest BCUT2D eigenvalue weighted by Gasteiger charge is -2.14. The minimum atomic E-state index is -0.458. The number of carbonyl (C=O) groups excluding carboxylic acids is 1. The minimum absolute atomic E-state index is 0.286. The number of amides is 2. The zero-order chi connectivity index (χ0) is 24.7. The SMILES string of the molecule is CCOc1cc(/C=N/NC(=O)Nc2ccc(Br)c(C)c2)c(Br)cc1OCc1ccc(Cl)c(Cl)c1. The van der Waals surface area contributed by atoms with Gasteiger partial charge in [0.05, 0.1) is 22.9 Å². The highest BCUT2D eigenvalue weighted by molar-refractivity contribution is 9.10. The van der Waals surface area contributed by atoms with Crippen LogP contribution in [0.3, 0.4) is 0 Å². The highest BCUT2D eigenvalue weighted by Gasteiger charge is 2.11. The van der Waals surface area contributed by atoms with Crippen molar-refractivity contribution in [3.63, 3.8) is 0 Å². The quantitative estimate of drug-likeness (QED) is 0.196. The molecule has 0 radical (unpaired) electrons. The first kappa shape index (κ1) is 26.3. The van der Waals surface area contributed by atoms with E-state index in [0.717, 1.165) is 20.1 Å². The van der Waals surface area contributed by atoms with Crippen LogP contribution in [-0.2, 0) is 6.61 Å². The summed E-state index contributed by atoms with van der Waals surface area (Å²) >= 11 is 19.0. The number of halogens is 4. The Morgan fingerprint density at radius 3 is 2.47 bits per heavy atom. The van der Waals surface area contributed by atoms with Gasteiger partial charge in [-0.25, -0.2) is 10.2 Å². The molecule has 3 aromatic carbocycles. The van der Waals surface area contributed by atoms with E-state index in [0.29, 0.717) is 39.4 Å².